The molecule has 1 atom stereocenters. The van der Waals surface area contributed by atoms with Crippen LogP contribution in [0.1, 0.15) is 50.6 Å². The van der Waals surface area contributed by atoms with E-state index in [1.807, 2.05) is 13.0 Å². The molecule has 1 aromatic heterocycles. The largest absolute Gasteiger partial charge is 0.494 e. The highest BCUT2D eigenvalue weighted by molar-refractivity contribution is 6.06. The molecule has 0 spiro atoms. The van der Waals surface area contributed by atoms with Gasteiger partial charge in [-0.1, -0.05) is 18.2 Å². The van der Waals surface area contributed by atoms with Crippen LogP contribution in [-0.2, 0) is 19.2 Å². The van der Waals surface area contributed by atoms with Crippen molar-refractivity contribution in [2.45, 2.75) is 45.1 Å². The molecule has 2 amide bonds. The highest BCUT2D eigenvalue weighted by atomic mass is 16.7. The number of aromatic nitrogens is 1. The molecule has 2 saturated carbocycles. The zero-order valence-electron chi connectivity index (χ0n) is 21.4. The molecule has 2 aliphatic carbocycles. The summed E-state index contributed by atoms with van der Waals surface area (Å²) in [5, 5.41) is 15.5. The number of nitrogens with zero attached hydrogens (tertiary/aromatic N) is 1. The number of nitrogens with one attached hydrogen (secondary N) is 2. The van der Waals surface area contributed by atoms with Crippen molar-refractivity contribution in [3.8, 4) is 17.4 Å². The van der Waals surface area contributed by atoms with Crippen molar-refractivity contribution in [3.05, 3.63) is 48.2 Å². The quantitative estimate of drug-likeness (QED) is 0.343. The molecule has 10 heteroatoms. The fourth-order valence-corrected chi connectivity index (χ4v) is 4.46. The number of anilines is 1. The Bertz CT molecular complexity index is 1370. The van der Waals surface area contributed by atoms with E-state index >= 15 is 0 Å². The molecule has 2 aromatic carbocycles. The molecule has 1 unspecified atom stereocenters. The molecule has 200 valence electrons. The van der Waals surface area contributed by atoms with Crippen molar-refractivity contribution in [3.63, 3.8) is 0 Å². The summed E-state index contributed by atoms with van der Waals surface area (Å²) in [4.78, 5) is 42.3. The number of amides is 2. The van der Waals surface area contributed by atoms with E-state index in [9.17, 15) is 19.5 Å². The van der Waals surface area contributed by atoms with Gasteiger partial charge in [0, 0.05) is 17.5 Å². The molecule has 10 nitrogen and oxygen atoms in total. The summed E-state index contributed by atoms with van der Waals surface area (Å²) in [6.45, 7) is 2.26. The lowest BCUT2D eigenvalue weighted by Gasteiger charge is -2.21. The minimum Gasteiger partial charge on any atom is -0.494 e. The number of hydrogen-bond donors (Lipinski definition) is 3. The monoisotopic (exact) mass is 521 g/mol. The van der Waals surface area contributed by atoms with E-state index in [0.717, 1.165) is 25.7 Å². The number of aromatic hydroxyl groups is 1. The van der Waals surface area contributed by atoms with E-state index in [2.05, 4.69) is 10.8 Å². The summed E-state index contributed by atoms with van der Waals surface area (Å²) < 4.78 is 12.7. The van der Waals surface area contributed by atoms with Gasteiger partial charge in [0.05, 0.1) is 43.2 Å². The topological polar surface area (TPSA) is 128 Å². The fourth-order valence-electron chi connectivity index (χ4n) is 4.46. The second-order valence-corrected chi connectivity index (χ2v) is 9.68. The van der Waals surface area contributed by atoms with Crippen LogP contribution in [0, 0.1) is 11.8 Å². The van der Waals surface area contributed by atoms with Gasteiger partial charge in [0.2, 0.25) is 11.8 Å². The predicted octanol–water partition coefficient (Wildman–Crippen LogP) is 4.07. The Morgan fingerprint density at radius 3 is 2.53 bits per heavy atom. The van der Waals surface area contributed by atoms with Crippen LogP contribution in [0.15, 0.2) is 42.6 Å². The Morgan fingerprint density at radius 2 is 1.84 bits per heavy atom. The maximum absolute atomic E-state index is 12.9. The molecule has 2 fully saturated rings. The van der Waals surface area contributed by atoms with Gasteiger partial charge in [-0.25, -0.2) is 4.79 Å². The van der Waals surface area contributed by atoms with E-state index in [4.69, 9.17) is 14.3 Å². The Kier molecular flexibility index (Phi) is 7.13. The fraction of sp³-hybridized carbons (Fsp3) is 0.393. The van der Waals surface area contributed by atoms with E-state index in [-0.39, 0.29) is 30.0 Å². The highest BCUT2D eigenvalue weighted by Crippen LogP contribution is 2.41. The van der Waals surface area contributed by atoms with Crippen molar-refractivity contribution in [1.82, 2.24) is 10.0 Å². The lowest BCUT2D eigenvalue weighted by atomic mass is 10.0. The molecule has 3 N–H and O–H groups in total. The third kappa shape index (κ3) is 5.39. The van der Waals surface area contributed by atoms with Crippen LogP contribution in [0.25, 0.3) is 10.8 Å². The number of carbonyl (C=O) groups is 3. The molecule has 5 rings (SSSR count). The molecule has 38 heavy (non-hydrogen) atoms. The SMILES string of the molecule is CCOc1cc(C(CC(=O)NOC(=O)C2CC2)n2cc3cccc(NC(=O)C4CC4)c3c2O)ccc1OC. The van der Waals surface area contributed by atoms with Gasteiger partial charge in [0.15, 0.2) is 11.5 Å². The van der Waals surface area contributed by atoms with Gasteiger partial charge < -0.3 is 29.3 Å². The Morgan fingerprint density at radius 1 is 1.08 bits per heavy atom. The van der Waals surface area contributed by atoms with E-state index in [1.165, 1.54) is 0 Å². The summed E-state index contributed by atoms with van der Waals surface area (Å²) in [6.07, 6.45) is 4.82. The van der Waals surface area contributed by atoms with Crippen molar-refractivity contribution in [2.24, 2.45) is 11.8 Å². The molecule has 2 aliphatic rings. The standard InChI is InChI=1S/C28H31N3O7/c1-3-37-23-13-18(11-12-22(23)36-2)21(14-24(32)30-38-28(35)17-9-10-17)31-15-19-5-4-6-20(25(19)27(31)34)29-26(33)16-7-8-16/h4-6,11-13,15-17,21,34H,3,7-10,14H2,1-2H3,(H,29,33)(H,30,32). The molecular formula is C28H31N3O7. The number of methoxy groups -OCH3 is 1. The third-order valence-electron chi connectivity index (χ3n) is 6.81. The van der Waals surface area contributed by atoms with Crippen LogP contribution < -0.4 is 20.3 Å². The lowest BCUT2D eigenvalue weighted by molar-refractivity contribution is -0.159. The van der Waals surface area contributed by atoms with Crippen LogP contribution in [0.5, 0.6) is 17.4 Å². The zero-order chi connectivity index (χ0) is 26.8. The maximum Gasteiger partial charge on any atom is 0.335 e. The van der Waals surface area contributed by atoms with E-state index in [0.29, 0.717) is 40.1 Å². The van der Waals surface area contributed by atoms with Crippen LogP contribution in [0.2, 0.25) is 0 Å². The molecule has 0 bridgehead atoms. The first-order valence-electron chi connectivity index (χ1n) is 12.8. The van der Waals surface area contributed by atoms with Crippen molar-refractivity contribution >= 4 is 34.2 Å². The Hall–Kier alpha value is -4.21. The van der Waals surface area contributed by atoms with Crippen LogP contribution >= 0.6 is 0 Å². The molecule has 0 radical (unpaired) electrons. The minimum absolute atomic E-state index is 0.000523. The molecule has 1 heterocycles. The number of rotatable bonds is 10. The van der Waals surface area contributed by atoms with Gasteiger partial charge in [-0.15, -0.1) is 0 Å². The van der Waals surface area contributed by atoms with E-state index in [1.54, 1.807) is 48.2 Å². The number of ether oxygens (including phenoxy) is 2. The number of hydroxylamine groups is 1. The summed E-state index contributed by atoms with van der Waals surface area (Å²) in [5.74, 6) is -0.301. The first kappa shape index (κ1) is 25.4. The van der Waals surface area contributed by atoms with Crippen molar-refractivity contribution in [1.29, 1.82) is 0 Å². The number of fused-ring (bicyclic) bond motifs is 1. The molecular weight excluding hydrogens is 490 g/mol. The van der Waals surface area contributed by atoms with Gasteiger partial charge in [-0.2, -0.15) is 5.48 Å². The predicted molar refractivity (Wildman–Crippen MR) is 139 cm³/mol. The minimum atomic E-state index is -0.695. The van der Waals surface area contributed by atoms with Crippen molar-refractivity contribution in [2.75, 3.05) is 19.0 Å². The average Bonchev–Trinajstić information content (AvgIpc) is 3.83. The molecule has 0 aliphatic heterocycles. The first-order valence-corrected chi connectivity index (χ1v) is 12.8. The van der Waals surface area contributed by atoms with Crippen LogP contribution in [0.3, 0.4) is 0 Å². The number of carbonyl (C=O) groups excluding carboxylic acids is 3. The van der Waals surface area contributed by atoms with Crippen LogP contribution in [0.4, 0.5) is 5.69 Å². The summed E-state index contributed by atoms with van der Waals surface area (Å²) in [6, 6.07) is 9.96. The third-order valence-corrected chi connectivity index (χ3v) is 6.81. The van der Waals surface area contributed by atoms with Gasteiger partial charge in [-0.05, 0) is 56.4 Å². The summed E-state index contributed by atoms with van der Waals surface area (Å²) >= 11 is 0. The normalized spacial score (nSPS) is 15.5. The second kappa shape index (κ2) is 10.6. The van der Waals surface area contributed by atoms with Gasteiger partial charge in [0.1, 0.15) is 0 Å². The van der Waals surface area contributed by atoms with Crippen LogP contribution in [-0.4, -0.2) is 41.2 Å². The maximum atomic E-state index is 12.9. The lowest BCUT2D eigenvalue weighted by Crippen LogP contribution is -2.30. The van der Waals surface area contributed by atoms with Gasteiger partial charge in [-0.3, -0.25) is 9.59 Å². The van der Waals surface area contributed by atoms with Gasteiger partial charge in [0.25, 0.3) is 5.91 Å². The number of hydrogen-bond acceptors (Lipinski definition) is 7. The second-order valence-electron chi connectivity index (χ2n) is 9.68. The number of benzene rings is 2. The average molecular weight is 522 g/mol. The molecule has 0 saturated heterocycles. The Labute approximate surface area is 219 Å². The summed E-state index contributed by atoms with van der Waals surface area (Å²) in [5.41, 5.74) is 3.42. The Balaban J connectivity index is 1.50. The zero-order valence-corrected chi connectivity index (χ0v) is 21.4. The first-order chi connectivity index (χ1) is 18.4. The van der Waals surface area contributed by atoms with E-state index < -0.39 is 17.9 Å². The molecule has 3 aromatic rings. The van der Waals surface area contributed by atoms with Gasteiger partial charge >= 0.3 is 5.97 Å². The highest BCUT2D eigenvalue weighted by Gasteiger charge is 2.33. The van der Waals surface area contributed by atoms with Crippen molar-refractivity contribution < 1.29 is 33.8 Å². The smallest absolute Gasteiger partial charge is 0.335 e. The summed E-state index contributed by atoms with van der Waals surface area (Å²) in [7, 11) is 1.54.